The highest BCUT2D eigenvalue weighted by Gasteiger charge is 2.21. The third-order valence-electron chi connectivity index (χ3n) is 4.79. The van der Waals surface area contributed by atoms with Crippen molar-refractivity contribution in [1.29, 1.82) is 0 Å². The molecule has 2 aromatic carbocycles. The molecule has 4 aromatic rings. The maximum absolute atomic E-state index is 12.9. The topological polar surface area (TPSA) is 120 Å². The largest absolute Gasteiger partial charge is 0.497 e. The van der Waals surface area contributed by atoms with E-state index in [4.69, 9.17) is 4.74 Å². The number of aromatic nitrogens is 3. The summed E-state index contributed by atoms with van der Waals surface area (Å²) in [5.74, 6) is 0.629. The van der Waals surface area contributed by atoms with Gasteiger partial charge in [-0.15, -0.1) is 0 Å². The lowest BCUT2D eigenvalue weighted by atomic mass is 10.1. The van der Waals surface area contributed by atoms with E-state index in [1.165, 1.54) is 22.8 Å². The van der Waals surface area contributed by atoms with E-state index in [1.54, 1.807) is 55.6 Å². The van der Waals surface area contributed by atoms with Gasteiger partial charge in [-0.1, -0.05) is 24.3 Å². The van der Waals surface area contributed by atoms with Crippen molar-refractivity contribution < 1.29 is 21.6 Å². The molecular weight excluding hydrogens is 452 g/mol. The number of rotatable bonds is 7. The lowest BCUT2D eigenvalue weighted by Gasteiger charge is -2.08. The molecule has 0 spiro atoms. The van der Waals surface area contributed by atoms with E-state index in [0.29, 0.717) is 22.7 Å². The molecule has 0 aliphatic heterocycles. The SMILES string of the molecule is COc1cccc(CNS(=O)(=O)c2cnc3ccc(-c4ccc(S(C)(=O)=O)cc4)nn23)c1. The number of fused-ring (bicyclic) bond motifs is 1. The molecule has 0 fully saturated rings. The van der Waals surface area contributed by atoms with Gasteiger partial charge >= 0.3 is 0 Å². The molecular formula is C21H20N4O5S2. The Morgan fingerprint density at radius 2 is 1.75 bits per heavy atom. The van der Waals surface area contributed by atoms with Crippen LogP contribution in [-0.4, -0.2) is 44.8 Å². The number of imidazole rings is 1. The fourth-order valence-corrected chi connectivity index (χ4v) is 4.79. The zero-order chi connectivity index (χ0) is 22.9. The van der Waals surface area contributed by atoms with Crippen LogP contribution in [0.3, 0.4) is 0 Å². The van der Waals surface area contributed by atoms with Crippen molar-refractivity contribution in [1.82, 2.24) is 19.3 Å². The van der Waals surface area contributed by atoms with Gasteiger partial charge in [0.25, 0.3) is 10.0 Å². The summed E-state index contributed by atoms with van der Waals surface area (Å²) in [5, 5.41) is 4.30. The van der Waals surface area contributed by atoms with E-state index in [-0.39, 0.29) is 16.5 Å². The van der Waals surface area contributed by atoms with Gasteiger partial charge in [-0.05, 0) is 42.0 Å². The monoisotopic (exact) mass is 472 g/mol. The van der Waals surface area contributed by atoms with Crippen LogP contribution in [0.5, 0.6) is 5.75 Å². The highest BCUT2D eigenvalue weighted by atomic mass is 32.2. The van der Waals surface area contributed by atoms with Crippen LogP contribution in [0.25, 0.3) is 16.9 Å². The number of nitrogens with one attached hydrogen (secondary N) is 1. The Morgan fingerprint density at radius 1 is 1.00 bits per heavy atom. The number of ether oxygens (including phenoxy) is 1. The predicted molar refractivity (Wildman–Crippen MR) is 119 cm³/mol. The molecule has 1 N–H and O–H groups in total. The summed E-state index contributed by atoms with van der Waals surface area (Å²) in [5.41, 5.74) is 2.21. The van der Waals surface area contributed by atoms with Crippen molar-refractivity contribution >= 4 is 25.5 Å². The molecule has 0 saturated heterocycles. The van der Waals surface area contributed by atoms with Crippen molar-refractivity contribution in [2.24, 2.45) is 0 Å². The first-order valence-electron chi connectivity index (χ1n) is 9.45. The molecule has 166 valence electrons. The molecule has 32 heavy (non-hydrogen) atoms. The summed E-state index contributed by atoms with van der Waals surface area (Å²) < 4.78 is 58.2. The van der Waals surface area contributed by atoms with E-state index in [2.05, 4.69) is 14.8 Å². The molecule has 11 heteroatoms. The van der Waals surface area contributed by atoms with Crippen molar-refractivity contribution in [3.63, 3.8) is 0 Å². The third kappa shape index (κ3) is 4.49. The summed E-state index contributed by atoms with van der Waals surface area (Å²) >= 11 is 0. The molecule has 0 atom stereocenters. The summed E-state index contributed by atoms with van der Waals surface area (Å²) in [7, 11) is -5.70. The van der Waals surface area contributed by atoms with E-state index in [0.717, 1.165) is 11.8 Å². The van der Waals surface area contributed by atoms with E-state index >= 15 is 0 Å². The highest BCUT2D eigenvalue weighted by molar-refractivity contribution is 7.90. The minimum atomic E-state index is -3.92. The van der Waals surface area contributed by atoms with Crippen molar-refractivity contribution in [3.8, 4) is 17.0 Å². The fraction of sp³-hybridized carbons (Fsp3) is 0.143. The van der Waals surface area contributed by atoms with Crippen LogP contribution in [0, 0.1) is 0 Å². The Labute approximate surface area is 185 Å². The van der Waals surface area contributed by atoms with Gasteiger partial charge in [-0.2, -0.15) is 5.10 Å². The predicted octanol–water partition coefficient (Wildman–Crippen LogP) is 2.29. The Morgan fingerprint density at radius 3 is 2.44 bits per heavy atom. The first-order valence-corrected chi connectivity index (χ1v) is 12.8. The first-order chi connectivity index (χ1) is 15.2. The Hall–Kier alpha value is -3.28. The summed E-state index contributed by atoms with van der Waals surface area (Å²) in [4.78, 5) is 4.32. The van der Waals surface area contributed by atoms with Gasteiger partial charge in [-0.3, -0.25) is 0 Å². The first kappa shape index (κ1) is 21.9. The number of sulfone groups is 1. The maximum atomic E-state index is 12.9. The summed E-state index contributed by atoms with van der Waals surface area (Å²) in [6, 6.07) is 16.6. The number of hydrogen-bond acceptors (Lipinski definition) is 7. The minimum Gasteiger partial charge on any atom is -0.497 e. The highest BCUT2D eigenvalue weighted by Crippen LogP contribution is 2.21. The number of sulfonamides is 1. The van der Waals surface area contributed by atoms with Crippen LogP contribution in [0.15, 0.2) is 76.8 Å². The zero-order valence-corrected chi connectivity index (χ0v) is 18.9. The van der Waals surface area contributed by atoms with E-state index in [9.17, 15) is 16.8 Å². The third-order valence-corrected chi connectivity index (χ3v) is 7.27. The molecule has 0 aliphatic rings. The molecule has 0 radical (unpaired) electrons. The second-order valence-corrected chi connectivity index (χ2v) is 10.8. The lowest BCUT2D eigenvalue weighted by Crippen LogP contribution is -2.25. The van der Waals surface area contributed by atoms with Crippen LogP contribution in [-0.2, 0) is 26.4 Å². The summed E-state index contributed by atoms with van der Waals surface area (Å²) in [6.45, 7) is 0.0689. The maximum Gasteiger partial charge on any atom is 0.260 e. The quantitative estimate of drug-likeness (QED) is 0.438. The van der Waals surface area contributed by atoms with Gasteiger partial charge in [0.15, 0.2) is 20.5 Å². The lowest BCUT2D eigenvalue weighted by molar-refractivity contribution is 0.414. The standard InChI is InChI=1S/C21H20N4O5S2/c1-30-17-5-3-4-15(12-17)13-23-32(28,29)21-14-22-20-11-10-19(24-25(20)21)16-6-8-18(9-7-16)31(2,26)27/h3-12,14,23H,13H2,1-2H3. The smallest absolute Gasteiger partial charge is 0.260 e. The normalized spacial score (nSPS) is 12.2. The van der Waals surface area contributed by atoms with Crippen molar-refractivity contribution in [2.45, 2.75) is 16.5 Å². The molecule has 2 heterocycles. The van der Waals surface area contributed by atoms with Crippen LogP contribution in [0.2, 0.25) is 0 Å². The van der Waals surface area contributed by atoms with Gasteiger partial charge < -0.3 is 4.74 Å². The minimum absolute atomic E-state index is 0.0689. The fourth-order valence-electron chi connectivity index (χ4n) is 3.10. The molecule has 2 aromatic heterocycles. The Bertz CT molecular complexity index is 1490. The average molecular weight is 473 g/mol. The Kier molecular flexibility index (Phi) is 5.71. The van der Waals surface area contributed by atoms with Crippen molar-refractivity contribution in [2.75, 3.05) is 13.4 Å². The number of nitrogens with zero attached hydrogens (tertiary/aromatic N) is 3. The zero-order valence-electron chi connectivity index (χ0n) is 17.3. The van der Waals surface area contributed by atoms with Crippen LogP contribution in [0.4, 0.5) is 0 Å². The number of hydrogen-bond donors (Lipinski definition) is 1. The molecule has 4 rings (SSSR count). The van der Waals surface area contributed by atoms with E-state index in [1.807, 2.05) is 0 Å². The second kappa shape index (κ2) is 8.34. The Balaban J connectivity index is 1.64. The molecule has 0 saturated carbocycles. The molecule has 0 bridgehead atoms. The van der Waals surface area contributed by atoms with Gasteiger partial charge in [0.05, 0.1) is 23.9 Å². The number of methoxy groups -OCH3 is 1. The molecule has 9 nitrogen and oxygen atoms in total. The average Bonchev–Trinajstić information content (AvgIpc) is 3.22. The van der Waals surface area contributed by atoms with Crippen LogP contribution < -0.4 is 9.46 Å². The van der Waals surface area contributed by atoms with Gasteiger partial charge in [0, 0.05) is 18.4 Å². The van der Waals surface area contributed by atoms with Gasteiger partial charge in [-0.25, -0.2) is 31.1 Å². The van der Waals surface area contributed by atoms with Gasteiger partial charge in [0.1, 0.15) is 5.75 Å². The van der Waals surface area contributed by atoms with Crippen molar-refractivity contribution in [3.05, 3.63) is 72.4 Å². The van der Waals surface area contributed by atoms with Crippen LogP contribution in [0.1, 0.15) is 5.56 Å². The number of benzene rings is 2. The molecule has 0 unspecified atom stereocenters. The summed E-state index contributed by atoms with van der Waals surface area (Å²) in [6.07, 6.45) is 2.38. The van der Waals surface area contributed by atoms with Gasteiger partial charge in [0.2, 0.25) is 0 Å². The molecule has 0 amide bonds. The molecule has 0 aliphatic carbocycles. The second-order valence-electron chi connectivity index (χ2n) is 7.06. The van der Waals surface area contributed by atoms with E-state index < -0.39 is 19.9 Å². The van der Waals surface area contributed by atoms with Crippen LogP contribution >= 0.6 is 0 Å².